The minimum atomic E-state index is 0.830. The summed E-state index contributed by atoms with van der Waals surface area (Å²) in [5, 5.41) is 0. The van der Waals surface area contributed by atoms with Gasteiger partial charge in [0.15, 0.2) is 0 Å². The standard InChI is InChI=1S/C10H11I/c11-10-6-5-8-3-1-2-4-9(8)7-10/h1,3,5-6,9H,2,4,7H2. The number of halogens is 1. The number of rotatable bonds is 0. The monoisotopic (exact) mass is 258 g/mol. The molecule has 0 radical (unpaired) electrons. The molecule has 0 fully saturated rings. The summed E-state index contributed by atoms with van der Waals surface area (Å²) in [5.74, 6) is 0.830. The molecule has 0 amide bonds. The Kier molecular flexibility index (Phi) is 2.16. The first kappa shape index (κ1) is 7.59. The van der Waals surface area contributed by atoms with E-state index >= 15 is 0 Å². The molecule has 2 aliphatic carbocycles. The fourth-order valence-electron chi connectivity index (χ4n) is 1.72. The van der Waals surface area contributed by atoms with Gasteiger partial charge in [0.2, 0.25) is 0 Å². The van der Waals surface area contributed by atoms with E-state index in [1.807, 2.05) is 0 Å². The van der Waals surface area contributed by atoms with Gasteiger partial charge in [-0.3, -0.25) is 0 Å². The molecule has 0 saturated heterocycles. The van der Waals surface area contributed by atoms with Gasteiger partial charge in [0, 0.05) is 0 Å². The second kappa shape index (κ2) is 3.13. The zero-order chi connectivity index (χ0) is 7.68. The van der Waals surface area contributed by atoms with Crippen molar-refractivity contribution in [3.63, 3.8) is 0 Å². The van der Waals surface area contributed by atoms with Crippen molar-refractivity contribution >= 4 is 22.6 Å². The van der Waals surface area contributed by atoms with Crippen LogP contribution in [0.2, 0.25) is 0 Å². The van der Waals surface area contributed by atoms with Gasteiger partial charge in [-0.05, 0) is 56.9 Å². The van der Waals surface area contributed by atoms with Gasteiger partial charge in [0.05, 0.1) is 0 Å². The third-order valence-corrected chi connectivity index (χ3v) is 3.16. The summed E-state index contributed by atoms with van der Waals surface area (Å²) in [7, 11) is 0. The van der Waals surface area contributed by atoms with Crippen LogP contribution in [0, 0.1) is 5.92 Å². The molecule has 1 atom stereocenters. The average Bonchev–Trinajstić information content (AvgIpc) is 2.04. The average molecular weight is 258 g/mol. The maximum absolute atomic E-state index is 2.44. The van der Waals surface area contributed by atoms with Crippen LogP contribution in [0.5, 0.6) is 0 Å². The molecular formula is C10H11I. The van der Waals surface area contributed by atoms with Crippen LogP contribution in [0.1, 0.15) is 19.3 Å². The third kappa shape index (κ3) is 1.58. The van der Waals surface area contributed by atoms with Crippen molar-refractivity contribution in [3.05, 3.63) is 33.5 Å². The highest BCUT2D eigenvalue weighted by molar-refractivity contribution is 14.1. The van der Waals surface area contributed by atoms with Crippen LogP contribution < -0.4 is 0 Å². The van der Waals surface area contributed by atoms with E-state index in [-0.39, 0.29) is 0 Å². The lowest BCUT2D eigenvalue weighted by atomic mass is 9.84. The molecule has 0 saturated carbocycles. The molecule has 2 aliphatic rings. The van der Waals surface area contributed by atoms with Crippen LogP contribution in [0.15, 0.2) is 33.5 Å². The second-order valence-electron chi connectivity index (χ2n) is 3.16. The summed E-state index contributed by atoms with van der Waals surface area (Å²) in [5.41, 5.74) is 1.54. The largest absolute Gasteiger partial charge is 0.0842 e. The fourth-order valence-corrected chi connectivity index (χ4v) is 2.43. The van der Waals surface area contributed by atoms with E-state index in [9.17, 15) is 0 Å². The van der Waals surface area contributed by atoms with Crippen LogP contribution in [-0.2, 0) is 0 Å². The van der Waals surface area contributed by atoms with Gasteiger partial charge in [-0.25, -0.2) is 0 Å². The molecule has 1 unspecified atom stereocenters. The molecule has 0 aliphatic heterocycles. The molecule has 2 rings (SSSR count). The Morgan fingerprint density at radius 2 is 2.27 bits per heavy atom. The number of hydrogen-bond acceptors (Lipinski definition) is 0. The first-order chi connectivity index (χ1) is 5.36. The van der Waals surface area contributed by atoms with Crippen molar-refractivity contribution in [3.8, 4) is 0 Å². The molecule has 11 heavy (non-hydrogen) atoms. The molecule has 0 bridgehead atoms. The molecule has 0 nitrogen and oxygen atoms in total. The van der Waals surface area contributed by atoms with E-state index in [1.54, 1.807) is 0 Å². The lowest BCUT2D eigenvalue weighted by molar-refractivity contribution is 0.564. The minimum Gasteiger partial charge on any atom is -0.0842 e. The van der Waals surface area contributed by atoms with Gasteiger partial charge >= 0.3 is 0 Å². The molecule has 0 aromatic rings. The number of allylic oxidation sites excluding steroid dienone is 6. The van der Waals surface area contributed by atoms with Crippen molar-refractivity contribution < 1.29 is 0 Å². The van der Waals surface area contributed by atoms with Crippen LogP contribution >= 0.6 is 22.6 Å². The Balaban J connectivity index is 2.27. The van der Waals surface area contributed by atoms with Crippen LogP contribution in [0.25, 0.3) is 0 Å². The third-order valence-electron chi connectivity index (χ3n) is 2.36. The van der Waals surface area contributed by atoms with Crippen LogP contribution in [0.3, 0.4) is 0 Å². The zero-order valence-corrected chi connectivity index (χ0v) is 8.54. The molecule has 0 aromatic heterocycles. The Bertz CT molecular complexity index is 246. The maximum atomic E-state index is 2.44. The quantitative estimate of drug-likeness (QED) is 0.582. The second-order valence-corrected chi connectivity index (χ2v) is 4.55. The van der Waals surface area contributed by atoms with Gasteiger partial charge in [-0.1, -0.05) is 24.3 Å². The fraction of sp³-hybridized carbons (Fsp3) is 0.400. The van der Waals surface area contributed by atoms with Crippen LogP contribution in [0.4, 0.5) is 0 Å². The van der Waals surface area contributed by atoms with Crippen molar-refractivity contribution in [2.75, 3.05) is 0 Å². The predicted molar refractivity (Wildman–Crippen MR) is 56.7 cm³/mol. The highest BCUT2D eigenvalue weighted by Crippen LogP contribution is 2.34. The highest BCUT2D eigenvalue weighted by Gasteiger charge is 2.17. The van der Waals surface area contributed by atoms with Gasteiger partial charge in [0.1, 0.15) is 0 Å². The molecule has 0 N–H and O–H groups in total. The maximum Gasteiger partial charge on any atom is -0.00879 e. The van der Waals surface area contributed by atoms with Crippen molar-refractivity contribution in [1.29, 1.82) is 0 Å². The summed E-state index contributed by atoms with van der Waals surface area (Å²) in [6.45, 7) is 0. The van der Waals surface area contributed by atoms with Gasteiger partial charge in [-0.2, -0.15) is 0 Å². The number of hydrogen-bond donors (Lipinski definition) is 0. The van der Waals surface area contributed by atoms with Gasteiger partial charge in [-0.15, -0.1) is 0 Å². The first-order valence-electron chi connectivity index (χ1n) is 4.09. The summed E-state index contributed by atoms with van der Waals surface area (Å²) in [4.78, 5) is 0. The van der Waals surface area contributed by atoms with E-state index in [0.717, 1.165) is 5.92 Å². The Labute approximate surface area is 81.2 Å². The zero-order valence-electron chi connectivity index (χ0n) is 6.39. The van der Waals surface area contributed by atoms with E-state index in [0.29, 0.717) is 0 Å². The minimum absolute atomic E-state index is 0.830. The molecular weight excluding hydrogens is 247 g/mol. The van der Waals surface area contributed by atoms with Crippen molar-refractivity contribution in [1.82, 2.24) is 0 Å². The van der Waals surface area contributed by atoms with E-state index in [2.05, 4.69) is 46.9 Å². The lowest BCUT2D eigenvalue weighted by Gasteiger charge is -2.23. The topological polar surface area (TPSA) is 0 Å². The molecule has 0 spiro atoms. The SMILES string of the molecule is IC1=CC=C2C=CCCC2C1. The van der Waals surface area contributed by atoms with E-state index < -0.39 is 0 Å². The highest BCUT2D eigenvalue weighted by atomic mass is 127. The van der Waals surface area contributed by atoms with Crippen molar-refractivity contribution in [2.24, 2.45) is 5.92 Å². The molecule has 0 aromatic carbocycles. The summed E-state index contributed by atoms with van der Waals surface area (Å²) < 4.78 is 1.51. The number of fused-ring (bicyclic) bond motifs is 1. The Hall–Kier alpha value is -0.0500. The smallest absolute Gasteiger partial charge is 0.00879 e. The Morgan fingerprint density at radius 1 is 1.36 bits per heavy atom. The summed E-state index contributed by atoms with van der Waals surface area (Å²) >= 11 is 2.44. The van der Waals surface area contributed by atoms with E-state index in [4.69, 9.17) is 0 Å². The molecule has 0 heterocycles. The van der Waals surface area contributed by atoms with Crippen molar-refractivity contribution in [2.45, 2.75) is 19.3 Å². The summed E-state index contributed by atoms with van der Waals surface area (Å²) in [6.07, 6.45) is 13.0. The molecule has 1 heteroatoms. The normalized spacial score (nSPS) is 29.0. The lowest BCUT2D eigenvalue weighted by Crippen LogP contribution is -2.08. The first-order valence-corrected chi connectivity index (χ1v) is 5.17. The van der Waals surface area contributed by atoms with Crippen LogP contribution in [-0.4, -0.2) is 0 Å². The predicted octanol–water partition coefficient (Wildman–Crippen LogP) is 3.60. The molecule has 58 valence electrons. The van der Waals surface area contributed by atoms with E-state index in [1.165, 1.54) is 28.4 Å². The summed E-state index contributed by atoms with van der Waals surface area (Å²) in [6, 6.07) is 0. The van der Waals surface area contributed by atoms with Gasteiger partial charge < -0.3 is 0 Å². The van der Waals surface area contributed by atoms with Gasteiger partial charge in [0.25, 0.3) is 0 Å². The Morgan fingerprint density at radius 3 is 3.18 bits per heavy atom.